The van der Waals surface area contributed by atoms with Crippen LogP contribution >= 0.6 is 34.8 Å². The smallest absolute Gasteiger partial charge is 0.285 e. The van der Waals surface area contributed by atoms with E-state index in [1.54, 1.807) is 0 Å². The van der Waals surface area contributed by atoms with Crippen LogP contribution < -0.4 is 4.89 Å². The van der Waals surface area contributed by atoms with Gasteiger partial charge in [0.2, 0.25) is 0 Å². The fourth-order valence-electron chi connectivity index (χ4n) is 0.672. The van der Waals surface area contributed by atoms with Crippen molar-refractivity contribution in [2.75, 3.05) is 0 Å². The summed E-state index contributed by atoms with van der Waals surface area (Å²) in [5.74, 6) is -0.455. The molecule has 1 aromatic rings. The van der Waals surface area contributed by atoms with Crippen molar-refractivity contribution in [2.24, 2.45) is 0 Å². The molecule has 0 aliphatic carbocycles. The van der Waals surface area contributed by atoms with E-state index in [1.807, 2.05) is 0 Å². The molecular weight excluding hydrogens is 291 g/mol. The van der Waals surface area contributed by atoms with Crippen LogP contribution in [0.4, 0.5) is 0 Å². The first-order chi connectivity index (χ1) is 6.50. The van der Waals surface area contributed by atoms with Crippen LogP contribution in [0.5, 0.6) is 5.75 Å². The fraction of sp³-hybridized carbons (Fsp3) is 0.125. The minimum Gasteiger partial charge on any atom is -0.285 e. The summed E-state index contributed by atoms with van der Waals surface area (Å²) in [7, 11) is 0. The SMILES string of the molecule is CC(=O)OOc1cc(Cl)c(Cl)cc1Cl.[Ca]. The van der Waals surface area contributed by atoms with E-state index >= 15 is 0 Å². The molecule has 1 aromatic carbocycles. The fourth-order valence-corrected chi connectivity index (χ4v) is 1.24. The normalized spacial score (nSPS) is 9.07. The molecule has 78 valence electrons. The first-order valence-electron chi connectivity index (χ1n) is 3.50. The van der Waals surface area contributed by atoms with Gasteiger partial charge >= 0.3 is 5.97 Å². The second-order valence-corrected chi connectivity index (χ2v) is 3.58. The van der Waals surface area contributed by atoms with Gasteiger partial charge in [-0.05, 0) is 6.07 Å². The Bertz CT molecular complexity index is 370. The summed E-state index contributed by atoms with van der Waals surface area (Å²) < 4.78 is 0. The van der Waals surface area contributed by atoms with Gasteiger partial charge in [-0.25, -0.2) is 4.79 Å². The minimum atomic E-state index is -0.591. The molecule has 15 heavy (non-hydrogen) atoms. The average molecular weight is 296 g/mol. The van der Waals surface area contributed by atoms with E-state index in [-0.39, 0.29) is 53.5 Å². The maximum atomic E-state index is 10.4. The third kappa shape index (κ3) is 4.98. The van der Waals surface area contributed by atoms with E-state index in [4.69, 9.17) is 34.8 Å². The van der Waals surface area contributed by atoms with Gasteiger partial charge in [-0.1, -0.05) is 34.8 Å². The number of carbonyl (C=O) groups excluding carboxylic acids is 1. The molecule has 0 N–H and O–H groups in total. The zero-order valence-corrected chi connectivity index (χ0v) is 12.2. The molecule has 0 bridgehead atoms. The minimum absolute atomic E-state index is 0. The van der Waals surface area contributed by atoms with Crippen molar-refractivity contribution in [3.63, 3.8) is 0 Å². The van der Waals surface area contributed by atoms with Gasteiger partial charge in [0.1, 0.15) is 0 Å². The molecular formula is C8H5CaCl3O3. The standard InChI is InChI=1S/C8H5Cl3O3.Ca/c1-4(12)13-14-8-3-6(10)5(9)2-7(8)11;/h2-3H,1H3;. The van der Waals surface area contributed by atoms with E-state index in [2.05, 4.69) is 9.78 Å². The Morgan fingerprint density at radius 3 is 2.20 bits per heavy atom. The Labute approximate surface area is 132 Å². The largest absolute Gasteiger partial charge is 0.352 e. The Hall–Kier alpha value is 0.620. The van der Waals surface area contributed by atoms with Crippen molar-refractivity contribution < 1.29 is 14.6 Å². The molecule has 7 heteroatoms. The average Bonchev–Trinajstić information content (AvgIpc) is 2.09. The van der Waals surface area contributed by atoms with Crippen molar-refractivity contribution in [1.29, 1.82) is 0 Å². The van der Waals surface area contributed by atoms with Crippen LogP contribution in [0, 0.1) is 0 Å². The number of benzene rings is 1. The summed E-state index contributed by atoms with van der Waals surface area (Å²) in [5, 5.41) is 0.769. The van der Waals surface area contributed by atoms with Crippen molar-refractivity contribution in [1.82, 2.24) is 0 Å². The van der Waals surface area contributed by atoms with Crippen LogP contribution in [-0.4, -0.2) is 43.7 Å². The van der Waals surface area contributed by atoms with Crippen molar-refractivity contribution in [2.45, 2.75) is 6.92 Å². The third-order valence-corrected chi connectivity index (χ3v) is 2.24. The maximum absolute atomic E-state index is 10.4. The number of halogens is 3. The Morgan fingerprint density at radius 2 is 1.67 bits per heavy atom. The van der Waals surface area contributed by atoms with Crippen molar-refractivity contribution in [3.8, 4) is 5.75 Å². The van der Waals surface area contributed by atoms with Gasteiger partial charge in [0.05, 0.1) is 15.1 Å². The van der Waals surface area contributed by atoms with E-state index in [9.17, 15) is 4.79 Å². The molecule has 0 saturated heterocycles. The first-order valence-corrected chi connectivity index (χ1v) is 4.63. The summed E-state index contributed by atoms with van der Waals surface area (Å²) in [6.07, 6.45) is 0. The maximum Gasteiger partial charge on any atom is 0.352 e. The van der Waals surface area contributed by atoms with Gasteiger partial charge in [-0.15, -0.1) is 0 Å². The summed E-state index contributed by atoms with van der Waals surface area (Å²) in [4.78, 5) is 19.3. The summed E-state index contributed by atoms with van der Waals surface area (Å²) >= 11 is 17.1. The Balaban J connectivity index is 0.00000196. The van der Waals surface area contributed by atoms with Crippen LogP contribution in [-0.2, 0) is 9.68 Å². The van der Waals surface area contributed by atoms with Crippen LogP contribution in [0.15, 0.2) is 12.1 Å². The van der Waals surface area contributed by atoms with E-state index in [0.29, 0.717) is 5.02 Å². The molecule has 0 saturated carbocycles. The zero-order chi connectivity index (χ0) is 10.7. The van der Waals surface area contributed by atoms with Crippen LogP contribution in [0.2, 0.25) is 15.1 Å². The van der Waals surface area contributed by atoms with Gasteiger partial charge in [0.25, 0.3) is 0 Å². The van der Waals surface area contributed by atoms with E-state index < -0.39 is 5.97 Å². The Kier molecular flexibility index (Phi) is 7.34. The van der Waals surface area contributed by atoms with Gasteiger partial charge in [-0.3, -0.25) is 9.78 Å². The molecule has 0 fully saturated rings. The molecule has 2 radical (unpaired) electrons. The summed E-state index contributed by atoms with van der Waals surface area (Å²) in [5.41, 5.74) is 0. The molecule has 0 aromatic heterocycles. The molecule has 0 atom stereocenters. The summed E-state index contributed by atoms with van der Waals surface area (Å²) in [6, 6.07) is 2.75. The molecule has 0 amide bonds. The summed E-state index contributed by atoms with van der Waals surface area (Å²) in [6.45, 7) is 1.20. The number of hydrogen-bond donors (Lipinski definition) is 0. The van der Waals surface area contributed by atoms with E-state index in [1.165, 1.54) is 19.1 Å². The number of rotatable bonds is 2. The molecule has 1 rings (SSSR count). The second kappa shape index (κ2) is 7.05. The van der Waals surface area contributed by atoms with Gasteiger partial charge in [-0.2, -0.15) is 0 Å². The van der Waals surface area contributed by atoms with Gasteiger partial charge in [0.15, 0.2) is 5.75 Å². The third-order valence-electron chi connectivity index (χ3n) is 1.22. The zero-order valence-electron chi connectivity index (χ0n) is 7.72. The topological polar surface area (TPSA) is 35.5 Å². The number of carbonyl (C=O) groups is 1. The predicted molar refractivity (Wildman–Crippen MR) is 59.6 cm³/mol. The molecule has 0 aliphatic heterocycles. The van der Waals surface area contributed by atoms with Crippen molar-refractivity contribution >= 4 is 78.5 Å². The van der Waals surface area contributed by atoms with Gasteiger partial charge in [0, 0.05) is 50.7 Å². The van der Waals surface area contributed by atoms with Crippen LogP contribution in [0.25, 0.3) is 0 Å². The first kappa shape index (κ1) is 15.6. The monoisotopic (exact) mass is 294 g/mol. The van der Waals surface area contributed by atoms with Crippen molar-refractivity contribution in [3.05, 3.63) is 27.2 Å². The number of hydrogen-bond acceptors (Lipinski definition) is 3. The molecule has 3 nitrogen and oxygen atoms in total. The molecule has 0 aliphatic rings. The molecule has 0 heterocycles. The molecule has 0 unspecified atom stereocenters. The predicted octanol–water partition coefficient (Wildman–Crippen LogP) is 3.12. The second-order valence-electron chi connectivity index (χ2n) is 2.35. The van der Waals surface area contributed by atoms with Gasteiger partial charge < -0.3 is 0 Å². The van der Waals surface area contributed by atoms with Crippen LogP contribution in [0.1, 0.15) is 6.92 Å². The van der Waals surface area contributed by atoms with Crippen LogP contribution in [0.3, 0.4) is 0 Å². The quantitative estimate of drug-likeness (QED) is 0.364. The Morgan fingerprint density at radius 1 is 1.13 bits per heavy atom. The van der Waals surface area contributed by atoms with E-state index in [0.717, 1.165) is 0 Å². The molecule has 0 spiro atoms.